The van der Waals surface area contributed by atoms with E-state index in [0.717, 1.165) is 24.8 Å². The SMILES string of the molecule is COc1ncccc1[C@H]1N[C@H]1C(=O)N1[C@@H]2C[C@H]3CC[C@]2(CS1(=O)=O)C3(C)C. The molecular weight excluding hydrogens is 366 g/mol. The summed E-state index contributed by atoms with van der Waals surface area (Å²) in [4.78, 5) is 17.4. The fourth-order valence-corrected chi connectivity index (χ4v) is 8.71. The van der Waals surface area contributed by atoms with Gasteiger partial charge in [-0.2, -0.15) is 0 Å². The van der Waals surface area contributed by atoms with Gasteiger partial charge in [0.25, 0.3) is 5.91 Å². The second-order valence-corrected chi connectivity index (χ2v) is 10.8. The molecule has 1 spiro atoms. The van der Waals surface area contributed by atoms with Crippen LogP contribution in [0.4, 0.5) is 0 Å². The fourth-order valence-electron chi connectivity index (χ4n) is 6.15. The van der Waals surface area contributed by atoms with E-state index in [1.807, 2.05) is 6.07 Å². The molecule has 5 rings (SSSR count). The Hall–Kier alpha value is -1.67. The van der Waals surface area contributed by atoms with Crippen LogP contribution in [0.15, 0.2) is 18.3 Å². The molecule has 1 aromatic heterocycles. The molecule has 1 N–H and O–H groups in total. The van der Waals surface area contributed by atoms with Gasteiger partial charge in [-0.05, 0) is 36.7 Å². The van der Waals surface area contributed by atoms with E-state index in [1.165, 1.54) is 11.4 Å². The minimum Gasteiger partial charge on any atom is -0.481 e. The Bertz CT molecular complexity index is 931. The zero-order chi connectivity index (χ0) is 19.2. The van der Waals surface area contributed by atoms with Gasteiger partial charge in [-0.25, -0.2) is 17.7 Å². The van der Waals surface area contributed by atoms with Crippen molar-refractivity contribution in [3.05, 3.63) is 23.9 Å². The Morgan fingerprint density at radius 1 is 1.41 bits per heavy atom. The average Bonchev–Trinajstić information content (AvgIpc) is 3.28. The number of sulfonamides is 1. The molecule has 2 bridgehead atoms. The molecule has 7 nitrogen and oxygen atoms in total. The second-order valence-electron chi connectivity index (χ2n) is 8.98. The van der Waals surface area contributed by atoms with Crippen molar-refractivity contribution in [3.8, 4) is 5.88 Å². The number of ether oxygens (including phenoxy) is 1. The van der Waals surface area contributed by atoms with Crippen LogP contribution >= 0.6 is 0 Å². The molecule has 2 aliphatic heterocycles. The maximum absolute atomic E-state index is 13.3. The largest absolute Gasteiger partial charge is 0.481 e. The van der Waals surface area contributed by atoms with Gasteiger partial charge in [0.15, 0.2) is 0 Å². The molecule has 1 aromatic rings. The Kier molecular flexibility index (Phi) is 3.37. The minimum atomic E-state index is -3.59. The lowest BCUT2D eigenvalue weighted by Gasteiger charge is -2.37. The number of rotatable bonds is 3. The van der Waals surface area contributed by atoms with Crippen LogP contribution in [0, 0.1) is 16.7 Å². The van der Waals surface area contributed by atoms with Crippen LogP contribution in [-0.4, -0.2) is 48.6 Å². The number of hydrogen-bond acceptors (Lipinski definition) is 6. The summed E-state index contributed by atoms with van der Waals surface area (Å²) in [5.74, 6) is 0.742. The highest BCUT2D eigenvalue weighted by atomic mass is 32.2. The van der Waals surface area contributed by atoms with Crippen molar-refractivity contribution >= 4 is 15.9 Å². The van der Waals surface area contributed by atoms with Crippen molar-refractivity contribution in [3.63, 3.8) is 0 Å². The second kappa shape index (κ2) is 5.23. The van der Waals surface area contributed by atoms with Crippen molar-refractivity contribution in [1.29, 1.82) is 0 Å². The third kappa shape index (κ3) is 2.08. The number of carbonyl (C=O) groups excluding carboxylic acids is 1. The van der Waals surface area contributed by atoms with Gasteiger partial charge < -0.3 is 4.74 Å². The predicted molar refractivity (Wildman–Crippen MR) is 98.4 cm³/mol. The molecule has 0 unspecified atom stereocenters. The molecule has 8 heteroatoms. The molecule has 146 valence electrons. The monoisotopic (exact) mass is 391 g/mol. The van der Waals surface area contributed by atoms with Crippen LogP contribution in [0.3, 0.4) is 0 Å². The van der Waals surface area contributed by atoms with Crippen molar-refractivity contribution in [2.75, 3.05) is 12.9 Å². The summed E-state index contributed by atoms with van der Waals surface area (Å²) in [6.07, 6.45) is 4.40. The molecule has 0 radical (unpaired) electrons. The first-order valence-corrected chi connectivity index (χ1v) is 11.1. The van der Waals surface area contributed by atoms with E-state index < -0.39 is 16.1 Å². The maximum atomic E-state index is 13.3. The number of hydrogen-bond donors (Lipinski definition) is 1. The van der Waals surface area contributed by atoms with Crippen LogP contribution in [0.5, 0.6) is 5.88 Å². The van der Waals surface area contributed by atoms with Gasteiger partial charge in [0, 0.05) is 17.2 Å². The van der Waals surface area contributed by atoms with E-state index in [2.05, 4.69) is 24.1 Å². The minimum absolute atomic E-state index is 0.0390. The number of aromatic nitrogens is 1. The quantitative estimate of drug-likeness (QED) is 0.784. The third-order valence-electron chi connectivity index (χ3n) is 7.81. The molecule has 1 amide bonds. The lowest BCUT2D eigenvalue weighted by atomic mass is 9.69. The van der Waals surface area contributed by atoms with Crippen LogP contribution < -0.4 is 10.1 Å². The average molecular weight is 391 g/mol. The smallest absolute Gasteiger partial charge is 0.255 e. The molecule has 2 saturated carbocycles. The number of pyridine rings is 1. The molecule has 3 heterocycles. The van der Waals surface area contributed by atoms with Crippen LogP contribution in [0.25, 0.3) is 0 Å². The summed E-state index contributed by atoms with van der Waals surface area (Å²) in [6, 6.07) is 2.67. The van der Waals surface area contributed by atoms with Gasteiger partial charge in [-0.3, -0.25) is 10.1 Å². The van der Waals surface area contributed by atoms with Crippen LogP contribution in [0.1, 0.15) is 44.7 Å². The number of carbonyl (C=O) groups is 1. The van der Waals surface area contributed by atoms with Crippen LogP contribution in [-0.2, 0) is 14.8 Å². The van der Waals surface area contributed by atoms with Crippen molar-refractivity contribution in [2.45, 2.75) is 51.2 Å². The summed E-state index contributed by atoms with van der Waals surface area (Å²) in [7, 11) is -2.05. The Labute approximate surface area is 159 Å². The Morgan fingerprint density at radius 2 is 2.19 bits per heavy atom. The molecule has 27 heavy (non-hydrogen) atoms. The van der Waals surface area contributed by atoms with E-state index >= 15 is 0 Å². The van der Waals surface area contributed by atoms with Crippen LogP contribution in [0.2, 0.25) is 0 Å². The first kappa shape index (κ1) is 17.4. The Morgan fingerprint density at radius 3 is 2.89 bits per heavy atom. The molecule has 2 aliphatic carbocycles. The molecule has 4 fully saturated rings. The van der Waals surface area contributed by atoms with Gasteiger partial charge in [0.1, 0.15) is 6.04 Å². The van der Waals surface area contributed by atoms with E-state index in [4.69, 9.17) is 4.74 Å². The Balaban J connectivity index is 1.45. The number of methoxy groups -OCH3 is 1. The predicted octanol–water partition coefficient (Wildman–Crippen LogP) is 1.47. The number of nitrogens with zero attached hydrogens (tertiary/aromatic N) is 2. The molecule has 2 saturated heterocycles. The van der Waals surface area contributed by atoms with E-state index in [-0.39, 0.29) is 34.6 Å². The zero-order valence-electron chi connectivity index (χ0n) is 15.8. The summed E-state index contributed by atoms with van der Waals surface area (Å²) in [5.41, 5.74) is 0.462. The number of nitrogens with one attached hydrogen (secondary N) is 1. The summed E-state index contributed by atoms with van der Waals surface area (Å²) in [5, 5.41) is 3.14. The summed E-state index contributed by atoms with van der Waals surface area (Å²) >= 11 is 0. The summed E-state index contributed by atoms with van der Waals surface area (Å²) < 4.78 is 32.6. The van der Waals surface area contributed by atoms with E-state index in [1.54, 1.807) is 12.3 Å². The van der Waals surface area contributed by atoms with E-state index in [0.29, 0.717) is 11.8 Å². The highest BCUT2D eigenvalue weighted by molar-refractivity contribution is 7.90. The molecular formula is C19H25N3O4S. The molecule has 0 aromatic carbocycles. The number of fused-ring (bicyclic) bond motifs is 1. The van der Waals surface area contributed by atoms with Gasteiger partial charge in [-0.15, -0.1) is 0 Å². The van der Waals surface area contributed by atoms with Gasteiger partial charge in [0.2, 0.25) is 15.9 Å². The maximum Gasteiger partial charge on any atom is 0.255 e. The summed E-state index contributed by atoms with van der Waals surface area (Å²) in [6.45, 7) is 4.37. The van der Waals surface area contributed by atoms with Crippen molar-refractivity contribution < 1.29 is 17.9 Å². The first-order chi connectivity index (χ1) is 12.7. The third-order valence-corrected chi connectivity index (χ3v) is 9.72. The van der Waals surface area contributed by atoms with Gasteiger partial charge in [-0.1, -0.05) is 19.9 Å². The normalized spacial score (nSPS) is 40.0. The van der Waals surface area contributed by atoms with Crippen molar-refractivity contribution in [1.82, 2.24) is 14.6 Å². The fraction of sp³-hybridized carbons (Fsp3) is 0.684. The topological polar surface area (TPSA) is 98.5 Å². The lowest BCUT2D eigenvalue weighted by Crippen LogP contribution is -2.46. The number of amides is 1. The van der Waals surface area contributed by atoms with Crippen molar-refractivity contribution in [2.24, 2.45) is 16.7 Å². The lowest BCUT2D eigenvalue weighted by molar-refractivity contribution is -0.128. The van der Waals surface area contributed by atoms with Gasteiger partial charge >= 0.3 is 0 Å². The molecule has 4 aliphatic rings. The van der Waals surface area contributed by atoms with E-state index in [9.17, 15) is 13.2 Å². The molecule has 5 atom stereocenters. The first-order valence-electron chi connectivity index (χ1n) is 9.54. The standard InChI is InChI=1S/C19H25N3O4S/c1-18(2)11-6-7-19(18)10-27(24,25)22(13(19)9-11)17(23)15-14(21-15)12-5-4-8-20-16(12)26-3/h4-5,8,11,13-15,21H,6-7,9-10H2,1-3H3/t11-,13-,14-,15-,19-/m1/s1. The van der Waals surface area contributed by atoms with Gasteiger partial charge in [0.05, 0.1) is 24.9 Å². The zero-order valence-corrected chi connectivity index (χ0v) is 16.6. The highest BCUT2D eigenvalue weighted by Gasteiger charge is 2.73. The highest BCUT2D eigenvalue weighted by Crippen LogP contribution is 2.70.